The molecule has 0 saturated heterocycles. The number of thiazole rings is 1. The van der Waals surface area contributed by atoms with Crippen LogP contribution in [0.5, 0.6) is 0 Å². The number of hydrogen-bond acceptors (Lipinski definition) is 5. The van der Waals surface area contributed by atoms with Gasteiger partial charge < -0.3 is 5.32 Å². The number of rotatable bonds is 6. The molecule has 4 rings (SSSR count). The number of halogens is 2. The summed E-state index contributed by atoms with van der Waals surface area (Å²) in [7, 11) is 0. The van der Waals surface area contributed by atoms with E-state index in [1.54, 1.807) is 16.8 Å². The smallest absolute Gasteiger partial charge is 0.226 e. The number of carbonyl (C=O) groups is 1. The van der Waals surface area contributed by atoms with Gasteiger partial charge in [-0.3, -0.25) is 4.79 Å². The first-order valence-electron chi connectivity index (χ1n) is 9.21. The van der Waals surface area contributed by atoms with E-state index < -0.39 is 0 Å². The second-order valence-corrected chi connectivity index (χ2v) is 9.27. The summed E-state index contributed by atoms with van der Waals surface area (Å²) in [5, 5.41) is 8.70. The number of benzene rings is 2. The molecule has 9 heteroatoms. The molecule has 0 saturated carbocycles. The molecule has 5 nitrogen and oxygen atoms in total. The molecule has 0 fully saturated rings. The predicted octanol–water partition coefficient (Wildman–Crippen LogP) is 6.01. The van der Waals surface area contributed by atoms with Gasteiger partial charge in [-0.25, -0.2) is 9.37 Å². The first-order valence-corrected chi connectivity index (χ1v) is 11.4. The normalized spacial score (nSPS) is 11.2. The van der Waals surface area contributed by atoms with Gasteiger partial charge in [0.1, 0.15) is 11.6 Å². The quantitative estimate of drug-likeness (QED) is 0.358. The van der Waals surface area contributed by atoms with Crippen molar-refractivity contribution in [2.24, 2.45) is 0 Å². The maximum Gasteiger partial charge on any atom is 0.226 e. The molecular weight excluding hydrogens is 443 g/mol. The minimum absolute atomic E-state index is 0.124. The molecule has 0 aliphatic carbocycles. The van der Waals surface area contributed by atoms with Crippen LogP contribution in [0.3, 0.4) is 0 Å². The first kappa shape index (κ1) is 20.8. The van der Waals surface area contributed by atoms with Crippen molar-refractivity contribution in [2.75, 3.05) is 11.1 Å². The highest BCUT2D eigenvalue weighted by Gasteiger charge is 2.16. The summed E-state index contributed by atoms with van der Waals surface area (Å²) in [6, 6.07) is 11.8. The number of carbonyl (C=O) groups excluding carboxylic acids is 1. The minimum Gasteiger partial charge on any atom is -0.310 e. The Hall–Kier alpha value is -2.42. The van der Waals surface area contributed by atoms with Crippen LogP contribution < -0.4 is 5.32 Å². The standard InChI is InChI=1S/C21H18ClFN4OS2/c1-12-3-8-16(22)20-19(12)25-21(30-20)27-17(11-13(2)26-27)24-18(28)9-10-29-15-6-4-14(23)5-7-15/h3-8,11H,9-10H2,1-2H3,(H,24,28). The second-order valence-electron chi connectivity index (χ2n) is 6.72. The number of hydrogen-bond donors (Lipinski definition) is 1. The third-order valence-electron chi connectivity index (χ3n) is 4.38. The number of thioether (sulfide) groups is 1. The summed E-state index contributed by atoms with van der Waals surface area (Å²) in [5.41, 5.74) is 2.64. The van der Waals surface area contributed by atoms with E-state index in [4.69, 9.17) is 11.6 Å². The fourth-order valence-electron chi connectivity index (χ4n) is 2.91. The van der Waals surface area contributed by atoms with E-state index in [2.05, 4.69) is 15.4 Å². The van der Waals surface area contributed by atoms with Crippen LogP contribution in [0.1, 0.15) is 17.7 Å². The number of amides is 1. The lowest BCUT2D eigenvalue weighted by Gasteiger charge is -2.06. The molecular formula is C21H18ClFN4OS2. The number of aromatic nitrogens is 3. The Morgan fingerprint density at radius 2 is 2.00 bits per heavy atom. The summed E-state index contributed by atoms with van der Waals surface area (Å²) in [5.74, 6) is 0.755. The Kier molecular flexibility index (Phi) is 6.08. The Bertz CT molecular complexity index is 1180. The Morgan fingerprint density at radius 1 is 1.23 bits per heavy atom. The van der Waals surface area contributed by atoms with Crippen molar-refractivity contribution in [3.8, 4) is 5.13 Å². The van der Waals surface area contributed by atoms with Gasteiger partial charge in [0.25, 0.3) is 0 Å². The van der Waals surface area contributed by atoms with Crippen LogP contribution >= 0.6 is 34.7 Å². The van der Waals surface area contributed by atoms with E-state index in [9.17, 15) is 9.18 Å². The molecule has 0 aliphatic heterocycles. The first-order chi connectivity index (χ1) is 14.4. The average molecular weight is 461 g/mol. The van der Waals surface area contributed by atoms with E-state index in [0.29, 0.717) is 28.1 Å². The highest BCUT2D eigenvalue weighted by Crippen LogP contribution is 2.34. The highest BCUT2D eigenvalue weighted by atomic mass is 35.5. The number of nitrogens with one attached hydrogen (secondary N) is 1. The molecule has 0 spiro atoms. The minimum atomic E-state index is -0.271. The van der Waals surface area contributed by atoms with Gasteiger partial charge >= 0.3 is 0 Å². The van der Waals surface area contributed by atoms with Crippen LogP contribution in [0.15, 0.2) is 47.4 Å². The van der Waals surface area contributed by atoms with Crippen molar-refractivity contribution < 1.29 is 9.18 Å². The molecule has 1 N–H and O–H groups in total. The van der Waals surface area contributed by atoms with Gasteiger partial charge in [-0.15, -0.1) is 11.8 Å². The Balaban J connectivity index is 1.48. The van der Waals surface area contributed by atoms with Crippen molar-refractivity contribution in [1.29, 1.82) is 0 Å². The number of nitrogens with zero attached hydrogens (tertiary/aromatic N) is 3. The van der Waals surface area contributed by atoms with E-state index in [1.807, 2.05) is 32.0 Å². The SMILES string of the molecule is Cc1cc(NC(=O)CCSc2ccc(F)cc2)n(-c2nc3c(C)ccc(Cl)c3s2)n1. The number of fused-ring (bicyclic) bond motifs is 1. The summed E-state index contributed by atoms with van der Waals surface area (Å²) in [4.78, 5) is 18.1. The van der Waals surface area contributed by atoms with E-state index >= 15 is 0 Å². The molecule has 2 aromatic carbocycles. The van der Waals surface area contributed by atoms with Crippen LogP contribution in [0, 0.1) is 19.7 Å². The van der Waals surface area contributed by atoms with Gasteiger partial charge in [0.05, 0.1) is 20.9 Å². The monoisotopic (exact) mass is 460 g/mol. The zero-order chi connectivity index (χ0) is 21.3. The summed E-state index contributed by atoms with van der Waals surface area (Å²) >= 11 is 9.26. The molecule has 30 heavy (non-hydrogen) atoms. The van der Waals surface area contributed by atoms with Crippen LogP contribution in [0.25, 0.3) is 15.3 Å². The van der Waals surface area contributed by atoms with Gasteiger partial charge in [-0.2, -0.15) is 9.78 Å². The summed E-state index contributed by atoms with van der Waals surface area (Å²) in [6.07, 6.45) is 0.317. The number of anilines is 1. The van der Waals surface area contributed by atoms with Crippen LogP contribution in [0.4, 0.5) is 10.2 Å². The van der Waals surface area contributed by atoms with E-state index in [0.717, 1.165) is 26.4 Å². The molecule has 2 heterocycles. The van der Waals surface area contributed by atoms with Crippen molar-refractivity contribution in [3.05, 3.63) is 64.6 Å². The van der Waals surface area contributed by atoms with Crippen molar-refractivity contribution in [2.45, 2.75) is 25.2 Å². The third kappa shape index (κ3) is 4.50. The molecule has 2 aromatic heterocycles. The number of aryl methyl sites for hydroxylation is 2. The van der Waals surface area contributed by atoms with E-state index in [-0.39, 0.29) is 11.7 Å². The van der Waals surface area contributed by atoms with Gasteiger partial charge in [-0.1, -0.05) is 29.0 Å². The highest BCUT2D eigenvalue weighted by molar-refractivity contribution is 7.99. The Morgan fingerprint density at radius 3 is 2.73 bits per heavy atom. The fraction of sp³-hybridized carbons (Fsp3) is 0.190. The van der Waals surface area contributed by atoms with Crippen LogP contribution in [-0.4, -0.2) is 26.4 Å². The summed E-state index contributed by atoms with van der Waals surface area (Å²) < 4.78 is 15.5. The van der Waals surface area contributed by atoms with Gasteiger partial charge in [0, 0.05) is 23.1 Å². The van der Waals surface area contributed by atoms with E-state index in [1.165, 1.54) is 35.2 Å². The summed E-state index contributed by atoms with van der Waals surface area (Å²) in [6.45, 7) is 3.85. The maximum absolute atomic E-state index is 13.0. The molecule has 0 unspecified atom stereocenters. The molecule has 0 radical (unpaired) electrons. The molecule has 1 amide bonds. The zero-order valence-corrected chi connectivity index (χ0v) is 18.7. The van der Waals surface area contributed by atoms with Crippen LogP contribution in [-0.2, 0) is 4.79 Å². The third-order valence-corrected chi connectivity index (χ3v) is 6.88. The van der Waals surface area contributed by atoms with Gasteiger partial charge in [0.15, 0.2) is 0 Å². The Labute approximate surface area is 186 Å². The molecule has 154 valence electrons. The fourth-order valence-corrected chi connectivity index (χ4v) is 5.05. The molecule has 0 aliphatic rings. The van der Waals surface area contributed by atoms with Gasteiger partial charge in [-0.05, 0) is 49.7 Å². The largest absolute Gasteiger partial charge is 0.310 e. The average Bonchev–Trinajstić information content (AvgIpc) is 3.31. The lowest BCUT2D eigenvalue weighted by atomic mass is 10.2. The maximum atomic E-state index is 13.0. The van der Waals surface area contributed by atoms with Crippen molar-refractivity contribution in [1.82, 2.24) is 14.8 Å². The topological polar surface area (TPSA) is 59.8 Å². The molecule has 4 aromatic rings. The second kappa shape index (κ2) is 8.75. The van der Waals surface area contributed by atoms with Gasteiger partial charge in [0.2, 0.25) is 11.0 Å². The zero-order valence-electron chi connectivity index (χ0n) is 16.3. The molecule has 0 atom stereocenters. The van der Waals surface area contributed by atoms with Crippen LogP contribution in [0.2, 0.25) is 5.02 Å². The predicted molar refractivity (Wildman–Crippen MR) is 122 cm³/mol. The van der Waals surface area contributed by atoms with Crippen molar-refractivity contribution in [3.63, 3.8) is 0 Å². The molecule has 0 bridgehead atoms. The lowest BCUT2D eigenvalue weighted by molar-refractivity contribution is -0.115. The van der Waals surface area contributed by atoms with Crippen molar-refractivity contribution >= 4 is 56.6 Å². The lowest BCUT2D eigenvalue weighted by Crippen LogP contribution is -2.15.